The van der Waals surface area contributed by atoms with Crippen LogP contribution in [0, 0.1) is 12.8 Å². The molecule has 0 amide bonds. The third kappa shape index (κ3) is 4.76. The van der Waals surface area contributed by atoms with Crippen LogP contribution in [0.2, 0.25) is 0 Å². The second kappa shape index (κ2) is 9.62. The zero-order valence-corrected chi connectivity index (χ0v) is 20.8. The molecule has 0 radical (unpaired) electrons. The molecule has 0 saturated heterocycles. The van der Waals surface area contributed by atoms with Gasteiger partial charge >= 0.3 is 0 Å². The van der Waals surface area contributed by atoms with Gasteiger partial charge in [-0.25, -0.2) is 18.4 Å². The summed E-state index contributed by atoms with van der Waals surface area (Å²) in [6.45, 7) is 2.33. The minimum Gasteiger partial charge on any atom is -0.486 e. The van der Waals surface area contributed by atoms with E-state index in [9.17, 15) is 13.2 Å². The van der Waals surface area contributed by atoms with Crippen LogP contribution < -0.4 is 19.8 Å². The van der Waals surface area contributed by atoms with E-state index in [4.69, 9.17) is 9.47 Å². The molecule has 1 fully saturated rings. The quantitative estimate of drug-likeness (QED) is 0.384. The summed E-state index contributed by atoms with van der Waals surface area (Å²) < 4.78 is 41.0. The lowest BCUT2D eigenvalue weighted by molar-refractivity contribution is 0.178. The molecule has 3 aromatic heterocycles. The summed E-state index contributed by atoms with van der Waals surface area (Å²) in [5.74, 6) is 0.820. The highest BCUT2D eigenvalue weighted by molar-refractivity contribution is 7.92. The summed E-state index contributed by atoms with van der Waals surface area (Å²) in [6, 6.07) is 11.7. The highest BCUT2D eigenvalue weighted by Gasteiger charge is 2.20. The highest BCUT2D eigenvalue weighted by atomic mass is 32.2. The van der Waals surface area contributed by atoms with E-state index >= 15 is 0 Å². The average Bonchev–Trinajstić information content (AvgIpc) is 2.84. The molecule has 36 heavy (non-hydrogen) atoms. The lowest BCUT2D eigenvalue weighted by Crippen LogP contribution is -2.23. The number of nitrogens with zero attached hydrogens (tertiary/aromatic N) is 3. The van der Waals surface area contributed by atoms with Crippen molar-refractivity contribution in [3.63, 3.8) is 0 Å². The minimum absolute atomic E-state index is 0.126. The Labute approximate surface area is 208 Å². The van der Waals surface area contributed by atoms with E-state index in [1.165, 1.54) is 30.2 Å². The number of hydrogen-bond acceptors (Lipinski definition) is 7. The first-order valence-corrected chi connectivity index (χ1v) is 13.1. The van der Waals surface area contributed by atoms with Gasteiger partial charge in [-0.1, -0.05) is 18.6 Å². The number of methoxy groups -OCH3 is 1. The molecule has 9 nitrogen and oxygen atoms in total. The first-order chi connectivity index (χ1) is 17.3. The molecule has 3 heterocycles. The number of rotatable bonds is 8. The zero-order chi connectivity index (χ0) is 25.3. The van der Waals surface area contributed by atoms with Crippen LogP contribution in [0.4, 0.5) is 5.69 Å². The molecule has 5 rings (SSSR count). The molecular weight excluding hydrogens is 480 g/mol. The van der Waals surface area contributed by atoms with Gasteiger partial charge in [0.15, 0.2) is 0 Å². The molecule has 0 aliphatic heterocycles. The lowest BCUT2D eigenvalue weighted by Gasteiger charge is -2.24. The van der Waals surface area contributed by atoms with Crippen LogP contribution in [-0.2, 0) is 10.0 Å². The topological polar surface area (TPSA) is 112 Å². The summed E-state index contributed by atoms with van der Waals surface area (Å²) in [4.78, 5) is 21.8. The molecule has 0 bridgehead atoms. The fraction of sp³-hybridized carbons (Fsp3) is 0.269. The minimum atomic E-state index is -3.88. The van der Waals surface area contributed by atoms with Crippen molar-refractivity contribution in [2.24, 2.45) is 5.92 Å². The third-order valence-corrected chi connectivity index (χ3v) is 7.66. The standard InChI is InChI=1S/C26H26N4O5S/c1-17-5-3-8-21(11-17)36(32,33)29-22-12-20(13-28-25(22)34-2)19-9-10-24-27-14-23(26(31)30(24)15-19)35-16-18-6-4-7-18/h3,5,8-15,18,29H,4,6-7,16H2,1-2H3. The van der Waals surface area contributed by atoms with E-state index in [1.54, 1.807) is 42.7 Å². The Morgan fingerprint density at radius 3 is 2.64 bits per heavy atom. The molecule has 1 aliphatic carbocycles. The number of pyridine rings is 2. The van der Waals surface area contributed by atoms with Crippen LogP contribution in [0.1, 0.15) is 24.8 Å². The number of hydrogen-bond donors (Lipinski definition) is 1. The SMILES string of the molecule is COc1ncc(-c2ccc3ncc(OCC4CCC4)c(=O)n3c2)cc1NS(=O)(=O)c1cccc(C)c1. The monoisotopic (exact) mass is 506 g/mol. The number of anilines is 1. The fourth-order valence-corrected chi connectivity index (χ4v) is 5.18. The van der Waals surface area contributed by atoms with Crippen molar-refractivity contribution in [2.45, 2.75) is 31.1 Å². The van der Waals surface area contributed by atoms with Crippen LogP contribution >= 0.6 is 0 Å². The van der Waals surface area contributed by atoms with Gasteiger partial charge in [-0.15, -0.1) is 0 Å². The van der Waals surface area contributed by atoms with Gasteiger partial charge in [-0.05, 0) is 61.6 Å². The summed E-state index contributed by atoms with van der Waals surface area (Å²) in [6.07, 6.45) is 8.09. The van der Waals surface area contributed by atoms with Crippen molar-refractivity contribution in [1.29, 1.82) is 0 Å². The van der Waals surface area contributed by atoms with Crippen LogP contribution in [0.25, 0.3) is 16.8 Å². The summed E-state index contributed by atoms with van der Waals surface area (Å²) >= 11 is 0. The van der Waals surface area contributed by atoms with Crippen molar-refractivity contribution in [3.05, 3.63) is 77.0 Å². The van der Waals surface area contributed by atoms with Gasteiger partial charge in [-0.2, -0.15) is 0 Å². The molecular formula is C26H26N4O5S. The van der Waals surface area contributed by atoms with Crippen molar-refractivity contribution < 1.29 is 17.9 Å². The Hall–Kier alpha value is -3.92. The number of ether oxygens (including phenoxy) is 2. The molecule has 0 spiro atoms. The molecule has 186 valence electrons. The number of aromatic nitrogens is 3. The van der Waals surface area contributed by atoms with Gasteiger partial charge in [0.05, 0.1) is 24.8 Å². The number of sulfonamides is 1. The molecule has 1 N–H and O–H groups in total. The van der Waals surface area contributed by atoms with Crippen molar-refractivity contribution in [1.82, 2.24) is 14.4 Å². The molecule has 0 unspecified atom stereocenters. The lowest BCUT2D eigenvalue weighted by atomic mass is 9.86. The molecule has 4 aromatic rings. The third-order valence-electron chi connectivity index (χ3n) is 6.29. The summed E-state index contributed by atoms with van der Waals surface area (Å²) in [7, 11) is -2.46. The smallest absolute Gasteiger partial charge is 0.300 e. The number of aryl methyl sites for hydroxylation is 1. The number of benzene rings is 1. The van der Waals surface area contributed by atoms with E-state index in [1.807, 2.05) is 13.0 Å². The molecule has 1 aromatic carbocycles. The molecule has 1 saturated carbocycles. The number of nitrogens with one attached hydrogen (secondary N) is 1. The highest BCUT2D eigenvalue weighted by Crippen LogP contribution is 2.30. The zero-order valence-electron chi connectivity index (χ0n) is 20.0. The Morgan fingerprint density at radius 2 is 1.92 bits per heavy atom. The maximum Gasteiger partial charge on any atom is 0.300 e. The van der Waals surface area contributed by atoms with Gasteiger partial charge in [0, 0.05) is 23.5 Å². The van der Waals surface area contributed by atoms with Gasteiger partial charge in [0.2, 0.25) is 11.6 Å². The van der Waals surface area contributed by atoms with Crippen molar-refractivity contribution in [3.8, 4) is 22.8 Å². The first kappa shape index (κ1) is 23.8. The van der Waals surface area contributed by atoms with Crippen LogP contribution in [0.3, 0.4) is 0 Å². The van der Waals surface area contributed by atoms with E-state index in [-0.39, 0.29) is 27.8 Å². The maximum absolute atomic E-state index is 13.0. The second-order valence-electron chi connectivity index (χ2n) is 8.88. The van der Waals surface area contributed by atoms with Crippen LogP contribution in [-0.4, -0.2) is 36.5 Å². The average molecular weight is 507 g/mol. The fourth-order valence-electron chi connectivity index (χ4n) is 4.03. The Balaban J connectivity index is 1.49. The van der Waals surface area contributed by atoms with Gasteiger partial charge in [-0.3, -0.25) is 13.9 Å². The van der Waals surface area contributed by atoms with E-state index in [0.29, 0.717) is 29.3 Å². The summed E-state index contributed by atoms with van der Waals surface area (Å²) in [5, 5.41) is 0. The maximum atomic E-state index is 13.0. The van der Waals surface area contributed by atoms with Crippen LogP contribution in [0.15, 0.2) is 70.7 Å². The molecule has 1 aliphatic rings. The molecule has 10 heteroatoms. The van der Waals surface area contributed by atoms with Crippen molar-refractivity contribution >= 4 is 21.4 Å². The predicted octanol–water partition coefficient (Wildman–Crippen LogP) is 4.05. The van der Waals surface area contributed by atoms with Gasteiger partial charge in [0.25, 0.3) is 15.6 Å². The van der Waals surface area contributed by atoms with Crippen molar-refractivity contribution in [2.75, 3.05) is 18.4 Å². The first-order valence-electron chi connectivity index (χ1n) is 11.6. The molecule has 0 atom stereocenters. The Bertz CT molecular complexity index is 1600. The largest absolute Gasteiger partial charge is 0.486 e. The van der Waals surface area contributed by atoms with E-state index in [0.717, 1.165) is 18.4 Å². The Morgan fingerprint density at radius 1 is 1.08 bits per heavy atom. The number of fused-ring (bicyclic) bond motifs is 1. The normalized spacial score (nSPS) is 13.8. The second-order valence-corrected chi connectivity index (χ2v) is 10.6. The van der Waals surface area contributed by atoms with E-state index in [2.05, 4.69) is 14.7 Å². The van der Waals surface area contributed by atoms with Gasteiger partial charge < -0.3 is 9.47 Å². The van der Waals surface area contributed by atoms with Crippen LogP contribution in [0.5, 0.6) is 11.6 Å². The summed E-state index contributed by atoms with van der Waals surface area (Å²) in [5.41, 5.74) is 2.41. The Kier molecular flexibility index (Phi) is 6.36. The van der Waals surface area contributed by atoms with Gasteiger partial charge in [0.1, 0.15) is 11.3 Å². The van der Waals surface area contributed by atoms with E-state index < -0.39 is 10.0 Å². The predicted molar refractivity (Wildman–Crippen MR) is 136 cm³/mol.